The van der Waals surface area contributed by atoms with Crippen LogP contribution in [0.1, 0.15) is 17.3 Å². The summed E-state index contributed by atoms with van der Waals surface area (Å²) in [7, 11) is 0. The standard InChI is InChI=1S/C12H14ClIN2O/c1-7-5-16(6-11(7)15)12(17)9-4-8(13)2-3-10(9)14/h2-4,7,11H,5-6,15H2,1H3. The molecule has 1 amide bonds. The van der Waals surface area contributed by atoms with Crippen LogP contribution in [0.3, 0.4) is 0 Å². The van der Waals surface area contributed by atoms with Gasteiger partial charge in [0.15, 0.2) is 0 Å². The van der Waals surface area contributed by atoms with Crippen molar-refractivity contribution in [2.24, 2.45) is 11.7 Å². The van der Waals surface area contributed by atoms with Crippen LogP contribution in [0.2, 0.25) is 5.02 Å². The number of carbonyl (C=O) groups is 1. The van der Waals surface area contributed by atoms with Crippen LogP contribution in [0.25, 0.3) is 0 Å². The first-order valence-corrected chi connectivity index (χ1v) is 6.94. The predicted molar refractivity (Wildman–Crippen MR) is 77.2 cm³/mol. The average Bonchev–Trinajstić information content (AvgIpc) is 2.62. The second kappa shape index (κ2) is 5.12. The molecule has 2 unspecified atom stereocenters. The molecule has 92 valence electrons. The highest BCUT2D eigenvalue weighted by molar-refractivity contribution is 14.1. The first kappa shape index (κ1) is 13.1. The first-order chi connectivity index (χ1) is 7.99. The topological polar surface area (TPSA) is 46.3 Å². The van der Waals surface area contributed by atoms with Crippen LogP contribution in [0.5, 0.6) is 0 Å². The van der Waals surface area contributed by atoms with Crippen LogP contribution in [0, 0.1) is 9.49 Å². The third-order valence-corrected chi connectivity index (χ3v) is 4.29. The SMILES string of the molecule is CC1CN(C(=O)c2cc(Cl)ccc2I)CC1N. The Bertz CT molecular complexity index is 442. The molecule has 0 saturated carbocycles. The molecule has 1 fully saturated rings. The van der Waals surface area contributed by atoms with Gasteiger partial charge in [0.2, 0.25) is 0 Å². The summed E-state index contributed by atoms with van der Waals surface area (Å²) in [4.78, 5) is 14.1. The molecule has 1 saturated heterocycles. The highest BCUT2D eigenvalue weighted by Gasteiger charge is 2.31. The van der Waals surface area contributed by atoms with E-state index < -0.39 is 0 Å². The van der Waals surface area contributed by atoms with Crippen LogP contribution in [0.15, 0.2) is 18.2 Å². The molecule has 2 rings (SSSR count). The summed E-state index contributed by atoms with van der Waals surface area (Å²) in [6.45, 7) is 3.42. The molecule has 0 spiro atoms. The minimum atomic E-state index is 0.0247. The van der Waals surface area contributed by atoms with E-state index in [-0.39, 0.29) is 11.9 Å². The second-order valence-electron chi connectivity index (χ2n) is 4.48. The summed E-state index contributed by atoms with van der Waals surface area (Å²) in [5.74, 6) is 0.382. The lowest BCUT2D eigenvalue weighted by molar-refractivity contribution is 0.0786. The smallest absolute Gasteiger partial charge is 0.255 e. The van der Waals surface area contributed by atoms with E-state index in [2.05, 4.69) is 29.5 Å². The van der Waals surface area contributed by atoms with Gasteiger partial charge in [0.25, 0.3) is 5.91 Å². The van der Waals surface area contributed by atoms with Crippen molar-refractivity contribution in [2.45, 2.75) is 13.0 Å². The van der Waals surface area contributed by atoms with E-state index >= 15 is 0 Å². The number of amides is 1. The molecule has 1 aliphatic rings. The molecule has 0 radical (unpaired) electrons. The number of carbonyl (C=O) groups excluding carboxylic acids is 1. The predicted octanol–water partition coefficient (Wildman–Crippen LogP) is 2.36. The van der Waals surface area contributed by atoms with Gasteiger partial charge in [-0.1, -0.05) is 18.5 Å². The van der Waals surface area contributed by atoms with E-state index in [4.69, 9.17) is 17.3 Å². The van der Waals surface area contributed by atoms with Crippen LogP contribution in [-0.4, -0.2) is 29.9 Å². The molecule has 1 aliphatic heterocycles. The normalized spacial score (nSPS) is 24.1. The Morgan fingerprint density at radius 2 is 2.24 bits per heavy atom. The highest BCUT2D eigenvalue weighted by atomic mass is 127. The number of likely N-dealkylation sites (tertiary alicyclic amines) is 1. The monoisotopic (exact) mass is 364 g/mol. The van der Waals surface area contributed by atoms with Crippen LogP contribution >= 0.6 is 34.2 Å². The zero-order valence-corrected chi connectivity index (χ0v) is 12.4. The Labute approximate surface area is 119 Å². The molecule has 0 bridgehead atoms. The number of nitrogens with zero attached hydrogens (tertiary/aromatic N) is 1. The fraction of sp³-hybridized carbons (Fsp3) is 0.417. The van der Waals surface area contributed by atoms with Gasteiger partial charge in [-0.3, -0.25) is 4.79 Å². The summed E-state index contributed by atoms with van der Waals surface area (Å²) < 4.78 is 0.921. The molecule has 17 heavy (non-hydrogen) atoms. The van der Waals surface area contributed by atoms with Crippen LogP contribution in [0.4, 0.5) is 0 Å². The average molecular weight is 365 g/mol. The third kappa shape index (κ3) is 2.74. The largest absolute Gasteiger partial charge is 0.337 e. The quantitative estimate of drug-likeness (QED) is 0.778. The van der Waals surface area contributed by atoms with Crippen molar-refractivity contribution in [1.82, 2.24) is 4.90 Å². The molecule has 1 aromatic rings. The lowest BCUT2D eigenvalue weighted by Crippen LogP contribution is -2.32. The number of hydrogen-bond acceptors (Lipinski definition) is 2. The van der Waals surface area contributed by atoms with E-state index in [9.17, 15) is 4.79 Å². The molecule has 1 heterocycles. The van der Waals surface area contributed by atoms with Gasteiger partial charge in [0, 0.05) is 27.7 Å². The van der Waals surface area contributed by atoms with Crippen molar-refractivity contribution in [3.8, 4) is 0 Å². The van der Waals surface area contributed by atoms with E-state index in [1.807, 2.05) is 11.0 Å². The number of nitrogens with two attached hydrogens (primary N) is 1. The zero-order valence-electron chi connectivity index (χ0n) is 9.49. The Morgan fingerprint density at radius 3 is 2.82 bits per heavy atom. The zero-order chi connectivity index (χ0) is 12.6. The van der Waals surface area contributed by atoms with E-state index in [0.29, 0.717) is 23.0 Å². The molecular weight excluding hydrogens is 351 g/mol. The molecule has 2 atom stereocenters. The van der Waals surface area contributed by atoms with Gasteiger partial charge in [0.1, 0.15) is 0 Å². The minimum absolute atomic E-state index is 0.0247. The lowest BCUT2D eigenvalue weighted by Gasteiger charge is -2.17. The van der Waals surface area contributed by atoms with Crippen molar-refractivity contribution < 1.29 is 4.79 Å². The summed E-state index contributed by atoms with van der Waals surface area (Å²) in [6.07, 6.45) is 0. The summed E-state index contributed by atoms with van der Waals surface area (Å²) in [6, 6.07) is 5.45. The molecule has 0 aromatic heterocycles. The van der Waals surface area contributed by atoms with Gasteiger partial charge in [-0.2, -0.15) is 0 Å². The number of rotatable bonds is 1. The van der Waals surface area contributed by atoms with Gasteiger partial charge in [-0.25, -0.2) is 0 Å². The lowest BCUT2D eigenvalue weighted by atomic mass is 10.1. The fourth-order valence-corrected chi connectivity index (χ4v) is 2.73. The molecular formula is C12H14ClIN2O. The number of halogens is 2. The number of hydrogen-bond donors (Lipinski definition) is 1. The van der Waals surface area contributed by atoms with E-state index in [1.165, 1.54) is 0 Å². The van der Waals surface area contributed by atoms with Crippen molar-refractivity contribution >= 4 is 40.1 Å². The second-order valence-corrected chi connectivity index (χ2v) is 6.07. The van der Waals surface area contributed by atoms with Crippen molar-refractivity contribution in [2.75, 3.05) is 13.1 Å². The molecule has 3 nitrogen and oxygen atoms in total. The summed E-state index contributed by atoms with van der Waals surface area (Å²) in [5.41, 5.74) is 6.60. The Morgan fingerprint density at radius 1 is 1.53 bits per heavy atom. The maximum atomic E-state index is 12.3. The maximum absolute atomic E-state index is 12.3. The Kier molecular flexibility index (Phi) is 3.95. The molecule has 0 aliphatic carbocycles. The van der Waals surface area contributed by atoms with Crippen LogP contribution < -0.4 is 5.73 Å². The Balaban J connectivity index is 2.23. The van der Waals surface area contributed by atoms with Gasteiger partial charge in [0.05, 0.1) is 5.56 Å². The molecule has 1 aromatic carbocycles. The summed E-state index contributed by atoms with van der Waals surface area (Å²) >= 11 is 8.08. The third-order valence-electron chi connectivity index (χ3n) is 3.12. The first-order valence-electron chi connectivity index (χ1n) is 5.49. The van der Waals surface area contributed by atoms with E-state index in [1.54, 1.807) is 12.1 Å². The van der Waals surface area contributed by atoms with E-state index in [0.717, 1.165) is 10.1 Å². The highest BCUT2D eigenvalue weighted by Crippen LogP contribution is 2.22. The van der Waals surface area contributed by atoms with Crippen molar-refractivity contribution in [3.63, 3.8) is 0 Å². The van der Waals surface area contributed by atoms with Gasteiger partial charge >= 0.3 is 0 Å². The maximum Gasteiger partial charge on any atom is 0.255 e. The minimum Gasteiger partial charge on any atom is -0.337 e. The fourth-order valence-electron chi connectivity index (χ4n) is 1.99. The van der Waals surface area contributed by atoms with Gasteiger partial charge in [-0.05, 0) is 46.7 Å². The number of benzene rings is 1. The van der Waals surface area contributed by atoms with Crippen LogP contribution in [-0.2, 0) is 0 Å². The molecule has 2 N–H and O–H groups in total. The Hall–Kier alpha value is -0.330. The van der Waals surface area contributed by atoms with Crippen molar-refractivity contribution in [1.29, 1.82) is 0 Å². The van der Waals surface area contributed by atoms with Crippen molar-refractivity contribution in [3.05, 3.63) is 32.4 Å². The summed E-state index contributed by atoms with van der Waals surface area (Å²) in [5, 5.41) is 0.588. The van der Waals surface area contributed by atoms with Gasteiger partial charge < -0.3 is 10.6 Å². The van der Waals surface area contributed by atoms with Gasteiger partial charge in [-0.15, -0.1) is 0 Å². The molecule has 5 heteroatoms.